The van der Waals surface area contributed by atoms with Gasteiger partial charge in [-0.3, -0.25) is 19.2 Å². The second-order valence-corrected chi connectivity index (χ2v) is 18.5. The summed E-state index contributed by atoms with van der Waals surface area (Å²) in [4.78, 5) is 51.7. The van der Waals surface area contributed by atoms with Crippen molar-refractivity contribution in [3.8, 4) is 0 Å². The van der Waals surface area contributed by atoms with Gasteiger partial charge < -0.3 is 25.0 Å². The van der Waals surface area contributed by atoms with Crippen LogP contribution >= 0.6 is 0 Å². The molecule has 0 bridgehead atoms. The van der Waals surface area contributed by atoms with E-state index in [0.29, 0.717) is 30.8 Å². The zero-order chi connectivity index (χ0) is 45.3. The third-order valence-electron chi connectivity index (χ3n) is 12.8. The van der Waals surface area contributed by atoms with Crippen molar-refractivity contribution < 1.29 is 19.1 Å². The Morgan fingerprint density at radius 2 is 0.806 bits per heavy atom. The minimum absolute atomic E-state index is 0.00300. The summed E-state index contributed by atoms with van der Waals surface area (Å²) in [5.41, 5.74) is -0.0311. The standard InChI is InChI=1S/C53H99N3O6/c1-6-10-13-16-21-28-37-46(9-4)61-48(57)40-31-24-19-26-34-43-56(45-36-33-42-55-51-50(54-5)52(59)53(51)60)44-35-27-20-25-32-41-49(58)62-47(38-29-22-17-14-11-7-2)39-30-23-18-15-12-8-3/h46-47,54-55H,6-45H2,1-5H3. The molecule has 0 spiro atoms. The molecule has 0 radical (unpaired) electrons. The molecule has 1 aromatic carbocycles. The van der Waals surface area contributed by atoms with E-state index in [1.807, 2.05) is 0 Å². The minimum atomic E-state index is -0.434. The number of nitrogens with zero attached hydrogens (tertiary/aromatic N) is 1. The number of carbonyl (C=O) groups excluding carboxylic acids is 2. The van der Waals surface area contributed by atoms with Gasteiger partial charge in [-0.1, -0.05) is 163 Å². The monoisotopic (exact) mass is 874 g/mol. The summed E-state index contributed by atoms with van der Waals surface area (Å²) < 4.78 is 11.9. The SMILES string of the molecule is CCCCCCCCC(CC)OC(=O)CCCCCCCN(CCCCCCCC(=O)OC(CCCCCCCC)CCCCCCCC)CCCCNc1c(NC)c(=O)c1=O. The van der Waals surface area contributed by atoms with Gasteiger partial charge in [0.25, 0.3) is 10.9 Å². The molecule has 0 saturated heterocycles. The third kappa shape index (κ3) is 30.6. The number of hydrogen-bond donors (Lipinski definition) is 2. The summed E-state index contributed by atoms with van der Waals surface area (Å²) in [7, 11) is 1.67. The predicted octanol–water partition coefficient (Wildman–Crippen LogP) is 14.0. The highest BCUT2D eigenvalue weighted by Crippen LogP contribution is 2.20. The molecule has 0 fully saturated rings. The van der Waals surface area contributed by atoms with Crippen molar-refractivity contribution in [3.63, 3.8) is 0 Å². The second-order valence-electron chi connectivity index (χ2n) is 18.5. The van der Waals surface area contributed by atoms with Crippen LogP contribution in [0, 0.1) is 0 Å². The summed E-state index contributed by atoms with van der Waals surface area (Å²) in [6, 6.07) is 0. The Bertz CT molecular complexity index is 1250. The van der Waals surface area contributed by atoms with Crippen LogP contribution < -0.4 is 21.5 Å². The maximum Gasteiger partial charge on any atom is 0.306 e. The maximum absolute atomic E-state index is 12.9. The summed E-state index contributed by atoms with van der Waals surface area (Å²) in [6.45, 7) is 12.7. The molecule has 9 heteroatoms. The highest BCUT2D eigenvalue weighted by molar-refractivity contribution is 5.73. The molecule has 362 valence electrons. The molecule has 0 saturated carbocycles. The van der Waals surface area contributed by atoms with Crippen LogP contribution in [-0.2, 0) is 19.1 Å². The molecule has 62 heavy (non-hydrogen) atoms. The van der Waals surface area contributed by atoms with Gasteiger partial charge in [-0.2, -0.15) is 0 Å². The molecule has 0 aliphatic heterocycles. The highest BCUT2D eigenvalue weighted by Gasteiger charge is 2.19. The summed E-state index contributed by atoms with van der Waals surface area (Å²) in [6.07, 6.45) is 40.8. The molecule has 0 heterocycles. The Hall–Kier alpha value is -2.42. The highest BCUT2D eigenvalue weighted by atomic mass is 16.5. The van der Waals surface area contributed by atoms with Crippen molar-refractivity contribution >= 4 is 23.3 Å². The van der Waals surface area contributed by atoms with Crippen molar-refractivity contribution in [1.29, 1.82) is 0 Å². The van der Waals surface area contributed by atoms with Crippen LogP contribution in [0.5, 0.6) is 0 Å². The number of rotatable bonds is 47. The largest absolute Gasteiger partial charge is 0.462 e. The maximum atomic E-state index is 12.9. The van der Waals surface area contributed by atoms with Crippen molar-refractivity contribution in [1.82, 2.24) is 4.90 Å². The van der Waals surface area contributed by atoms with Gasteiger partial charge >= 0.3 is 11.9 Å². The molecule has 0 aliphatic rings. The first-order valence-electron chi connectivity index (χ1n) is 26.7. The van der Waals surface area contributed by atoms with E-state index in [1.54, 1.807) is 7.05 Å². The Morgan fingerprint density at radius 3 is 1.24 bits per heavy atom. The van der Waals surface area contributed by atoms with E-state index in [2.05, 4.69) is 43.2 Å². The molecule has 1 unspecified atom stereocenters. The lowest BCUT2D eigenvalue weighted by atomic mass is 10.0. The quantitative estimate of drug-likeness (QED) is 0.0375. The lowest BCUT2D eigenvalue weighted by Gasteiger charge is -2.22. The van der Waals surface area contributed by atoms with Gasteiger partial charge in [0, 0.05) is 26.4 Å². The molecule has 1 rings (SSSR count). The van der Waals surface area contributed by atoms with Crippen LogP contribution in [0.3, 0.4) is 0 Å². The lowest BCUT2D eigenvalue weighted by molar-refractivity contribution is -0.150. The fraction of sp³-hybridized carbons (Fsp3) is 0.887. The van der Waals surface area contributed by atoms with E-state index in [1.165, 1.54) is 109 Å². The number of nitrogens with one attached hydrogen (secondary N) is 2. The van der Waals surface area contributed by atoms with Crippen molar-refractivity contribution in [2.24, 2.45) is 0 Å². The minimum Gasteiger partial charge on any atom is -0.462 e. The normalized spacial score (nSPS) is 12.1. The van der Waals surface area contributed by atoms with E-state index in [-0.39, 0.29) is 24.1 Å². The molecule has 9 nitrogen and oxygen atoms in total. The van der Waals surface area contributed by atoms with Gasteiger partial charge in [0.2, 0.25) is 0 Å². The number of hydrogen-bond acceptors (Lipinski definition) is 9. The van der Waals surface area contributed by atoms with Gasteiger partial charge in [-0.15, -0.1) is 0 Å². The molecule has 2 N–H and O–H groups in total. The fourth-order valence-corrected chi connectivity index (χ4v) is 8.63. The summed E-state index contributed by atoms with van der Waals surface area (Å²) in [5.74, 6) is -0.0235. The van der Waals surface area contributed by atoms with E-state index in [9.17, 15) is 19.2 Å². The number of esters is 2. The van der Waals surface area contributed by atoms with Gasteiger partial charge in [0.1, 0.15) is 23.6 Å². The van der Waals surface area contributed by atoms with Gasteiger partial charge in [-0.05, 0) is 103 Å². The predicted molar refractivity (Wildman–Crippen MR) is 264 cm³/mol. The first-order chi connectivity index (χ1) is 30.3. The van der Waals surface area contributed by atoms with Crippen molar-refractivity contribution in [3.05, 3.63) is 20.4 Å². The topological polar surface area (TPSA) is 114 Å². The zero-order valence-electron chi connectivity index (χ0n) is 41.3. The molecule has 0 aliphatic carbocycles. The molecule has 1 atom stereocenters. The van der Waals surface area contributed by atoms with E-state index in [0.717, 1.165) is 129 Å². The molecular weight excluding hydrogens is 775 g/mol. The van der Waals surface area contributed by atoms with Crippen LogP contribution in [0.4, 0.5) is 11.4 Å². The Kier molecular flexibility index (Phi) is 38.4. The summed E-state index contributed by atoms with van der Waals surface area (Å²) >= 11 is 0. The molecule has 1 aromatic rings. The number of ether oxygens (including phenoxy) is 2. The fourth-order valence-electron chi connectivity index (χ4n) is 8.63. The molecular formula is C53H99N3O6. The third-order valence-corrected chi connectivity index (χ3v) is 12.8. The van der Waals surface area contributed by atoms with Crippen LogP contribution in [0.2, 0.25) is 0 Å². The van der Waals surface area contributed by atoms with Crippen LogP contribution in [0.1, 0.15) is 259 Å². The van der Waals surface area contributed by atoms with Gasteiger partial charge in [0.15, 0.2) is 0 Å². The second kappa shape index (κ2) is 41.3. The molecule has 0 aromatic heterocycles. The number of anilines is 2. The Balaban J connectivity index is 2.41. The Labute approximate surface area is 381 Å². The average Bonchev–Trinajstić information content (AvgIpc) is 3.27. The number of unbranched alkanes of at least 4 members (excludes halogenated alkanes) is 24. The lowest BCUT2D eigenvalue weighted by Crippen LogP contribution is -2.37. The van der Waals surface area contributed by atoms with Crippen LogP contribution in [-0.4, -0.2) is 62.3 Å². The first-order valence-corrected chi connectivity index (χ1v) is 26.7. The average molecular weight is 874 g/mol. The van der Waals surface area contributed by atoms with Crippen LogP contribution in [0.15, 0.2) is 9.59 Å². The van der Waals surface area contributed by atoms with Gasteiger partial charge in [-0.25, -0.2) is 0 Å². The van der Waals surface area contributed by atoms with Gasteiger partial charge in [0.05, 0.1) is 0 Å². The number of carbonyl (C=O) groups is 2. The molecule has 0 amide bonds. The van der Waals surface area contributed by atoms with E-state index >= 15 is 0 Å². The van der Waals surface area contributed by atoms with E-state index < -0.39 is 10.9 Å². The smallest absolute Gasteiger partial charge is 0.306 e. The summed E-state index contributed by atoms with van der Waals surface area (Å²) in [5, 5.41) is 6.00. The first kappa shape index (κ1) is 57.6. The van der Waals surface area contributed by atoms with Crippen LogP contribution in [0.25, 0.3) is 0 Å². The van der Waals surface area contributed by atoms with Crippen molar-refractivity contribution in [2.45, 2.75) is 271 Å². The van der Waals surface area contributed by atoms with E-state index in [4.69, 9.17) is 9.47 Å². The Morgan fingerprint density at radius 1 is 0.452 bits per heavy atom. The zero-order valence-corrected chi connectivity index (χ0v) is 41.3. The van der Waals surface area contributed by atoms with Crippen molar-refractivity contribution in [2.75, 3.05) is 43.9 Å².